The predicted octanol–water partition coefficient (Wildman–Crippen LogP) is 0.148. The molecule has 2 N–H and O–H groups in total. The molecule has 0 spiro atoms. The Hall–Kier alpha value is -1.53. The van der Waals surface area contributed by atoms with Crippen LogP contribution in [0.15, 0.2) is 12.5 Å². The summed E-state index contributed by atoms with van der Waals surface area (Å²) in [7, 11) is 0. The summed E-state index contributed by atoms with van der Waals surface area (Å²) < 4.78 is 0. The Morgan fingerprint density at radius 1 is 1.29 bits per heavy atom. The van der Waals surface area contributed by atoms with Gasteiger partial charge in [-0.1, -0.05) is 0 Å². The largest absolute Gasteiger partial charge is 0.338 e. The van der Waals surface area contributed by atoms with E-state index in [1.54, 1.807) is 6.20 Å². The first-order valence-corrected chi connectivity index (χ1v) is 5.99. The van der Waals surface area contributed by atoms with E-state index in [0.29, 0.717) is 0 Å². The molecular weight excluding hydrogens is 216 g/mol. The summed E-state index contributed by atoms with van der Waals surface area (Å²) in [5.74, 6) is 0.974. The summed E-state index contributed by atoms with van der Waals surface area (Å²) in [6, 6.07) is 0. The number of nitrogens with one attached hydrogen (secondary N) is 2. The highest BCUT2D eigenvalue weighted by atomic mass is 15.2. The minimum absolute atomic E-state index is 0.753. The Kier molecular flexibility index (Phi) is 2.98. The monoisotopic (exact) mass is 232 g/mol. The van der Waals surface area contributed by atoms with Crippen LogP contribution in [-0.2, 0) is 6.54 Å². The SMILES string of the molecule is c1ncc2[nH]c(CN3CCCNCC3)nc2n1. The van der Waals surface area contributed by atoms with E-state index in [4.69, 9.17) is 0 Å². The fourth-order valence-electron chi connectivity index (χ4n) is 2.16. The summed E-state index contributed by atoms with van der Waals surface area (Å²) in [4.78, 5) is 18.3. The van der Waals surface area contributed by atoms with Crippen molar-refractivity contribution in [2.45, 2.75) is 13.0 Å². The lowest BCUT2D eigenvalue weighted by molar-refractivity contribution is 0.278. The molecule has 2 aromatic heterocycles. The van der Waals surface area contributed by atoms with Crippen molar-refractivity contribution in [2.75, 3.05) is 26.2 Å². The highest BCUT2D eigenvalue weighted by Gasteiger charge is 2.11. The molecule has 0 radical (unpaired) electrons. The van der Waals surface area contributed by atoms with Gasteiger partial charge in [-0.3, -0.25) is 4.90 Å². The molecule has 90 valence electrons. The number of fused-ring (bicyclic) bond motifs is 1. The smallest absolute Gasteiger partial charge is 0.180 e. The molecule has 1 saturated heterocycles. The Bertz CT molecular complexity index is 452. The lowest BCUT2D eigenvalue weighted by atomic mass is 10.4. The number of aromatic nitrogens is 4. The zero-order valence-electron chi connectivity index (χ0n) is 9.69. The normalized spacial score (nSPS) is 18.4. The summed E-state index contributed by atoms with van der Waals surface area (Å²) in [5, 5.41) is 3.39. The quantitative estimate of drug-likeness (QED) is 0.771. The fraction of sp³-hybridized carbons (Fsp3) is 0.545. The van der Waals surface area contributed by atoms with Gasteiger partial charge in [-0.2, -0.15) is 0 Å². The number of aromatic amines is 1. The van der Waals surface area contributed by atoms with Crippen molar-refractivity contribution in [2.24, 2.45) is 0 Å². The lowest BCUT2D eigenvalue weighted by Gasteiger charge is -2.17. The molecule has 0 aliphatic carbocycles. The molecule has 6 heteroatoms. The van der Waals surface area contributed by atoms with Crippen molar-refractivity contribution in [1.29, 1.82) is 0 Å². The van der Waals surface area contributed by atoms with Crippen molar-refractivity contribution in [3.8, 4) is 0 Å². The number of hydrogen-bond donors (Lipinski definition) is 2. The highest BCUT2D eigenvalue weighted by Crippen LogP contribution is 2.08. The fourth-order valence-corrected chi connectivity index (χ4v) is 2.16. The summed E-state index contributed by atoms with van der Waals surface area (Å²) in [6.07, 6.45) is 4.49. The topological polar surface area (TPSA) is 69.7 Å². The average Bonchev–Trinajstić information content (AvgIpc) is 2.57. The van der Waals surface area contributed by atoms with Crippen LogP contribution in [0.4, 0.5) is 0 Å². The van der Waals surface area contributed by atoms with Crippen LogP contribution in [0.25, 0.3) is 11.2 Å². The van der Waals surface area contributed by atoms with Gasteiger partial charge in [0.2, 0.25) is 0 Å². The average molecular weight is 232 g/mol. The third-order valence-electron chi connectivity index (χ3n) is 3.02. The van der Waals surface area contributed by atoms with Gasteiger partial charge in [-0.05, 0) is 19.5 Å². The third kappa shape index (κ3) is 2.42. The van der Waals surface area contributed by atoms with Gasteiger partial charge in [0.05, 0.1) is 12.7 Å². The summed E-state index contributed by atoms with van der Waals surface area (Å²) in [6.45, 7) is 5.22. The second-order valence-electron chi connectivity index (χ2n) is 4.32. The molecule has 3 heterocycles. The van der Waals surface area contributed by atoms with Crippen molar-refractivity contribution in [3.05, 3.63) is 18.3 Å². The molecule has 1 fully saturated rings. The highest BCUT2D eigenvalue weighted by molar-refractivity contribution is 5.68. The first kappa shape index (κ1) is 10.6. The Morgan fingerprint density at radius 3 is 3.24 bits per heavy atom. The number of imidazole rings is 1. The second kappa shape index (κ2) is 4.77. The number of hydrogen-bond acceptors (Lipinski definition) is 5. The molecule has 0 amide bonds. The van der Waals surface area contributed by atoms with Crippen LogP contribution in [-0.4, -0.2) is 51.0 Å². The van der Waals surface area contributed by atoms with E-state index < -0.39 is 0 Å². The van der Waals surface area contributed by atoms with Gasteiger partial charge >= 0.3 is 0 Å². The van der Waals surface area contributed by atoms with Crippen LogP contribution in [0.1, 0.15) is 12.2 Å². The number of H-pyrrole nitrogens is 1. The van der Waals surface area contributed by atoms with E-state index in [9.17, 15) is 0 Å². The van der Waals surface area contributed by atoms with Gasteiger partial charge in [-0.15, -0.1) is 0 Å². The number of nitrogens with zero attached hydrogens (tertiary/aromatic N) is 4. The molecular formula is C11H16N6. The van der Waals surface area contributed by atoms with Crippen LogP contribution in [0.2, 0.25) is 0 Å². The van der Waals surface area contributed by atoms with Crippen LogP contribution in [0, 0.1) is 0 Å². The maximum atomic E-state index is 4.47. The van der Waals surface area contributed by atoms with E-state index in [1.165, 1.54) is 12.7 Å². The first-order chi connectivity index (χ1) is 8.42. The van der Waals surface area contributed by atoms with E-state index in [1.807, 2.05) is 0 Å². The Morgan fingerprint density at radius 2 is 2.29 bits per heavy atom. The Labute approximate surface area is 99.5 Å². The lowest BCUT2D eigenvalue weighted by Crippen LogP contribution is -2.28. The molecule has 6 nitrogen and oxygen atoms in total. The van der Waals surface area contributed by atoms with Gasteiger partial charge in [0.1, 0.15) is 17.7 Å². The number of rotatable bonds is 2. The van der Waals surface area contributed by atoms with E-state index in [0.717, 1.165) is 49.7 Å². The zero-order chi connectivity index (χ0) is 11.5. The predicted molar refractivity (Wildman–Crippen MR) is 64.4 cm³/mol. The van der Waals surface area contributed by atoms with Gasteiger partial charge in [-0.25, -0.2) is 15.0 Å². The molecule has 3 rings (SSSR count). The molecule has 0 saturated carbocycles. The van der Waals surface area contributed by atoms with Crippen LogP contribution < -0.4 is 5.32 Å². The molecule has 1 aliphatic rings. The van der Waals surface area contributed by atoms with Gasteiger partial charge < -0.3 is 10.3 Å². The maximum Gasteiger partial charge on any atom is 0.180 e. The van der Waals surface area contributed by atoms with Crippen LogP contribution in [0.3, 0.4) is 0 Å². The maximum absolute atomic E-state index is 4.47. The molecule has 0 bridgehead atoms. The van der Waals surface area contributed by atoms with Crippen LogP contribution in [0.5, 0.6) is 0 Å². The molecule has 2 aromatic rings. The van der Waals surface area contributed by atoms with E-state index >= 15 is 0 Å². The molecule has 1 aliphatic heterocycles. The standard InChI is InChI=1S/C11H16N6/c1-2-12-3-5-17(4-1)7-10-15-9-6-13-8-14-11(9)16-10/h6,8,12H,1-5,7H2,(H,13,14,15,16). The first-order valence-electron chi connectivity index (χ1n) is 5.99. The van der Waals surface area contributed by atoms with Crippen molar-refractivity contribution < 1.29 is 0 Å². The summed E-state index contributed by atoms with van der Waals surface area (Å²) in [5.41, 5.74) is 1.67. The van der Waals surface area contributed by atoms with Gasteiger partial charge in [0.15, 0.2) is 5.65 Å². The van der Waals surface area contributed by atoms with E-state index in [2.05, 4.69) is 30.2 Å². The molecule has 0 atom stereocenters. The Balaban J connectivity index is 1.75. The molecule has 17 heavy (non-hydrogen) atoms. The second-order valence-corrected chi connectivity index (χ2v) is 4.32. The zero-order valence-corrected chi connectivity index (χ0v) is 9.69. The van der Waals surface area contributed by atoms with E-state index in [-0.39, 0.29) is 0 Å². The van der Waals surface area contributed by atoms with Crippen molar-refractivity contribution >= 4 is 11.2 Å². The van der Waals surface area contributed by atoms with Gasteiger partial charge in [0.25, 0.3) is 0 Å². The van der Waals surface area contributed by atoms with Crippen molar-refractivity contribution in [3.63, 3.8) is 0 Å². The van der Waals surface area contributed by atoms with Gasteiger partial charge in [0, 0.05) is 13.1 Å². The van der Waals surface area contributed by atoms with Crippen molar-refractivity contribution in [1.82, 2.24) is 30.2 Å². The van der Waals surface area contributed by atoms with Crippen LogP contribution >= 0.6 is 0 Å². The third-order valence-corrected chi connectivity index (χ3v) is 3.02. The minimum atomic E-state index is 0.753. The molecule has 0 aromatic carbocycles. The molecule has 0 unspecified atom stereocenters. The summed E-state index contributed by atoms with van der Waals surface area (Å²) >= 11 is 0. The minimum Gasteiger partial charge on any atom is -0.338 e.